The predicted molar refractivity (Wildman–Crippen MR) is 49.8 cm³/mol. The molecule has 0 unspecified atom stereocenters. The van der Waals surface area contributed by atoms with E-state index >= 15 is 0 Å². The number of imide groups is 1. The maximum absolute atomic E-state index is 11.0. The Morgan fingerprint density at radius 3 is 2.33 bits per heavy atom. The highest BCUT2D eigenvalue weighted by Gasteiger charge is 2.22. The van der Waals surface area contributed by atoms with Gasteiger partial charge in [-0.15, -0.1) is 0 Å². The molecule has 0 aromatic heterocycles. The highest BCUT2D eigenvalue weighted by Crippen LogP contribution is 2.01. The highest BCUT2D eigenvalue weighted by molar-refractivity contribution is 7.85. The van der Waals surface area contributed by atoms with Crippen molar-refractivity contribution in [3.63, 3.8) is 0 Å². The maximum atomic E-state index is 11.0. The molecule has 7 nitrogen and oxygen atoms in total. The zero-order valence-electron chi connectivity index (χ0n) is 7.97. The average molecular weight is 234 g/mol. The van der Waals surface area contributed by atoms with E-state index in [0.29, 0.717) is 0 Å². The largest absolute Gasteiger partial charge is 0.280 e. The van der Waals surface area contributed by atoms with Crippen LogP contribution in [-0.2, 0) is 24.0 Å². The van der Waals surface area contributed by atoms with Gasteiger partial charge in [-0.3, -0.25) is 14.5 Å². The van der Waals surface area contributed by atoms with Crippen molar-refractivity contribution in [3.05, 3.63) is 12.2 Å². The lowest BCUT2D eigenvalue weighted by atomic mass is 10.5. The predicted octanol–water partition coefficient (Wildman–Crippen LogP) is -1.61. The summed E-state index contributed by atoms with van der Waals surface area (Å²) in [5.74, 6) is -0.831. The minimum Gasteiger partial charge on any atom is -0.274 e. The van der Waals surface area contributed by atoms with Crippen LogP contribution in [0.5, 0.6) is 0 Å². The molecule has 0 radical (unpaired) electrons. The third-order valence-electron chi connectivity index (χ3n) is 1.55. The van der Waals surface area contributed by atoms with Gasteiger partial charge in [-0.25, -0.2) is 0 Å². The average Bonchev–Trinajstić information content (AvgIpc) is 2.40. The van der Waals surface area contributed by atoms with Crippen LogP contribution in [0.15, 0.2) is 12.2 Å². The summed E-state index contributed by atoms with van der Waals surface area (Å²) in [4.78, 5) is 23.0. The van der Waals surface area contributed by atoms with Crippen molar-refractivity contribution >= 4 is 21.9 Å². The molecule has 2 amide bonds. The number of hydroxylamine groups is 1. The summed E-state index contributed by atoms with van der Waals surface area (Å²) >= 11 is 0. The van der Waals surface area contributed by atoms with Crippen molar-refractivity contribution in [2.45, 2.75) is 0 Å². The Morgan fingerprint density at radius 1 is 1.33 bits per heavy atom. The van der Waals surface area contributed by atoms with Crippen LogP contribution < -0.4 is 5.48 Å². The van der Waals surface area contributed by atoms with Crippen molar-refractivity contribution < 1.29 is 22.3 Å². The van der Waals surface area contributed by atoms with Crippen LogP contribution in [0.2, 0.25) is 0 Å². The van der Waals surface area contributed by atoms with Crippen LogP contribution in [0.1, 0.15) is 0 Å². The van der Waals surface area contributed by atoms with E-state index in [1.54, 1.807) is 0 Å². The summed E-state index contributed by atoms with van der Waals surface area (Å²) < 4.78 is 25.2. The molecule has 1 rings (SSSR count). The van der Waals surface area contributed by atoms with Gasteiger partial charge in [-0.2, -0.15) is 18.2 Å². The van der Waals surface area contributed by atoms with Crippen LogP contribution in [0.3, 0.4) is 0 Å². The molecule has 0 aromatic rings. The van der Waals surface area contributed by atoms with Gasteiger partial charge in [0.25, 0.3) is 21.9 Å². The van der Waals surface area contributed by atoms with Gasteiger partial charge in [0, 0.05) is 25.2 Å². The van der Waals surface area contributed by atoms with Gasteiger partial charge in [0.05, 0.1) is 6.26 Å². The second-order valence-corrected chi connectivity index (χ2v) is 4.42. The van der Waals surface area contributed by atoms with Crippen LogP contribution in [-0.4, -0.2) is 44.5 Å². The van der Waals surface area contributed by atoms with Crippen molar-refractivity contribution in [2.24, 2.45) is 0 Å². The van der Waals surface area contributed by atoms with E-state index in [-0.39, 0.29) is 13.1 Å². The Balaban J connectivity index is 2.27. The van der Waals surface area contributed by atoms with E-state index in [9.17, 15) is 18.0 Å². The molecular formula is C7H10N2O5S. The Kier molecular flexibility index (Phi) is 3.56. The van der Waals surface area contributed by atoms with E-state index in [1.807, 2.05) is 0 Å². The third-order valence-corrected chi connectivity index (χ3v) is 1.97. The summed E-state index contributed by atoms with van der Waals surface area (Å²) in [5.41, 5.74) is 2.13. The molecule has 1 heterocycles. The molecule has 1 aliphatic rings. The van der Waals surface area contributed by atoms with Gasteiger partial charge in [-0.1, -0.05) is 0 Å². The Morgan fingerprint density at radius 2 is 1.87 bits per heavy atom. The Bertz CT molecular complexity index is 382. The second-order valence-electron chi connectivity index (χ2n) is 2.84. The zero-order valence-corrected chi connectivity index (χ0v) is 8.78. The van der Waals surface area contributed by atoms with Crippen LogP contribution in [0.4, 0.5) is 0 Å². The number of carbonyl (C=O) groups is 2. The lowest BCUT2D eigenvalue weighted by Crippen LogP contribution is -2.36. The summed E-state index contributed by atoms with van der Waals surface area (Å²) in [6, 6.07) is 0. The van der Waals surface area contributed by atoms with E-state index in [0.717, 1.165) is 23.3 Å². The fourth-order valence-electron chi connectivity index (χ4n) is 0.958. The van der Waals surface area contributed by atoms with E-state index < -0.39 is 21.9 Å². The molecule has 0 saturated heterocycles. The first-order valence-electron chi connectivity index (χ1n) is 4.05. The molecule has 0 aromatic carbocycles. The molecule has 0 fully saturated rings. The monoisotopic (exact) mass is 234 g/mol. The van der Waals surface area contributed by atoms with Crippen molar-refractivity contribution in [1.82, 2.24) is 10.4 Å². The van der Waals surface area contributed by atoms with Crippen LogP contribution >= 0.6 is 0 Å². The quantitative estimate of drug-likeness (QED) is 0.349. The number of hydrogen-bond donors (Lipinski definition) is 1. The van der Waals surface area contributed by atoms with Gasteiger partial charge in [0.1, 0.15) is 0 Å². The highest BCUT2D eigenvalue weighted by atomic mass is 32.2. The first kappa shape index (κ1) is 11.8. The third kappa shape index (κ3) is 3.78. The zero-order chi connectivity index (χ0) is 11.5. The summed E-state index contributed by atoms with van der Waals surface area (Å²) in [5, 5.41) is 0. The molecule has 1 aliphatic heterocycles. The molecule has 0 bridgehead atoms. The van der Waals surface area contributed by atoms with Crippen LogP contribution in [0.25, 0.3) is 0 Å². The molecule has 0 atom stereocenters. The van der Waals surface area contributed by atoms with Crippen molar-refractivity contribution in [1.29, 1.82) is 0 Å². The standard InChI is InChI=1S/C7H10N2O5S/c1-15(12,13)14-8-4-5-9-6(10)2-3-7(9)11/h2-3,8H,4-5H2,1H3. The number of carbonyl (C=O) groups excluding carboxylic acids is 2. The minimum absolute atomic E-state index is 0.0478. The number of nitrogens with one attached hydrogen (secondary N) is 1. The normalized spacial score (nSPS) is 16.5. The Labute approximate surface area is 86.8 Å². The number of amides is 2. The molecule has 0 aliphatic carbocycles. The van der Waals surface area contributed by atoms with Gasteiger partial charge in [0.2, 0.25) is 0 Å². The molecule has 84 valence electrons. The van der Waals surface area contributed by atoms with Crippen LogP contribution in [0, 0.1) is 0 Å². The SMILES string of the molecule is CS(=O)(=O)ONCCN1C(=O)C=CC1=O. The maximum Gasteiger partial charge on any atom is 0.280 e. The smallest absolute Gasteiger partial charge is 0.274 e. The number of hydrogen-bond acceptors (Lipinski definition) is 6. The topological polar surface area (TPSA) is 92.8 Å². The fraction of sp³-hybridized carbons (Fsp3) is 0.429. The minimum atomic E-state index is -3.56. The fourth-order valence-corrected chi connectivity index (χ4v) is 1.26. The van der Waals surface area contributed by atoms with E-state index in [4.69, 9.17) is 0 Å². The molecule has 0 spiro atoms. The lowest BCUT2D eigenvalue weighted by molar-refractivity contribution is -0.136. The first-order valence-corrected chi connectivity index (χ1v) is 5.86. The molecule has 15 heavy (non-hydrogen) atoms. The summed E-state index contributed by atoms with van der Waals surface area (Å²) in [6.45, 7) is 0.104. The molecule has 0 saturated carbocycles. The van der Waals surface area contributed by atoms with Gasteiger partial charge in [-0.05, 0) is 0 Å². The van der Waals surface area contributed by atoms with E-state index in [2.05, 4.69) is 9.76 Å². The number of nitrogens with zero attached hydrogens (tertiary/aromatic N) is 1. The summed E-state index contributed by atoms with van der Waals surface area (Å²) in [7, 11) is -3.56. The second kappa shape index (κ2) is 4.51. The number of rotatable bonds is 5. The van der Waals surface area contributed by atoms with E-state index in [1.165, 1.54) is 0 Å². The van der Waals surface area contributed by atoms with Gasteiger partial charge in [0.15, 0.2) is 0 Å². The molecule has 8 heteroatoms. The first-order chi connectivity index (χ1) is 6.90. The summed E-state index contributed by atoms with van der Waals surface area (Å²) in [6.07, 6.45) is 3.19. The lowest BCUT2D eigenvalue weighted by Gasteiger charge is -2.13. The van der Waals surface area contributed by atoms with Crippen molar-refractivity contribution in [2.75, 3.05) is 19.3 Å². The van der Waals surface area contributed by atoms with Crippen molar-refractivity contribution in [3.8, 4) is 0 Å². The van der Waals surface area contributed by atoms with Gasteiger partial charge < -0.3 is 0 Å². The molecular weight excluding hydrogens is 224 g/mol. The Hall–Kier alpha value is -1.25. The van der Waals surface area contributed by atoms with Gasteiger partial charge >= 0.3 is 0 Å². The molecule has 1 N–H and O–H groups in total.